The minimum Gasteiger partial charge on any atom is -1.00 e. The fourth-order valence-corrected chi connectivity index (χ4v) is 11.3. The number of aromatic nitrogens is 14. The second-order valence-corrected chi connectivity index (χ2v) is 26.2. The molecular weight excluding hydrogens is 1910 g/mol. The van der Waals surface area contributed by atoms with Crippen LogP contribution in [0, 0.1) is 0 Å². The van der Waals surface area contributed by atoms with E-state index >= 15 is 0 Å². The zero-order chi connectivity index (χ0) is 92.3. The Morgan fingerprint density at radius 1 is 0.448 bits per heavy atom. The number of nitrogens with zero attached hydrogens (tertiary/aromatic N) is 14. The maximum Gasteiger partial charge on any atom is 1.00 e. The number of nitrogens with one attached hydrogen (secondary N) is 8. The van der Waals surface area contributed by atoms with Crippen molar-refractivity contribution in [3.63, 3.8) is 0 Å². The van der Waals surface area contributed by atoms with Gasteiger partial charge in [0.1, 0.15) is 100 Å². The Labute approximate surface area is 900 Å². The van der Waals surface area contributed by atoms with Gasteiger partial charge in [-0.15, -0.1) is 0 Å². The number of para-hydroxylation sites is 5. The van der Waals surface area contributed by atoms with Gasteiger partial charge in [-0.25, -0.2) is 69.8 Å². The molecule has 0 unspecified atom stereocenters. The third-order valence-electron chi connectivity index (χ3n) is 16.9. The largest absolute Gasteiger partial charge is 1.00 e. The van der Waals surface area contributed by atoms with E-state index in [4.69, 9.17) is 66.2 Å². The number of amides is 7. The summed E-state index contributed by atoms with van der Waals surface area (Å²) in [4.78, 5) is 158. The molecule has 0 aliphatic carbocycles. The smallest absolute Gasteiger partial charge is 1.00 e. The van der Waals surface area contributed by atoms with Crippen molar-refractivity contribution in [2.45, 2.75) is 110 Å². The Morgan fingerprint density at radius 2 is 0.716 bits per heavy atom. The topological polar surface area (TPSA) is 538 Å². The average molecular weight is 2030 g/mol. The average Bonchev–Trinajstić information content (AvgIpc) is 0.812. The zero-order valence-electron chi connectivity index (χ0n) is 73.7. The maximum absolute atomic E-state index is 12.0. The van der Waals surface area contributed by atoms with E-state index in [0.29, 0.717) is 110 Å². The number of carboxylic acids is 1. The summed E-state index contributed by atoms with van der Waals surface area (Å²) in [5.74, 6) is -3.32. The van der Waals surface area contributed by atoms with Gasteiger partial charge < -0.3 is 75.5 Å². The number of benzene rings is 5. The Hall–Kier alpha value is -9.67. The standard InChI is InChI=1S/C17H17ClN6O.C15H18N4O2.C15H16N4O2.C13H16N4O.C13H14N4O.C4H2Cl2N2.C2HF3O2.C2H6.CH2O3.5CH4.2K.3H2S.H/c1-10(7-20-14-6-13(18)21-8-22-14)11-4-3-5-12-15(11)23-9-24-16(12)17(25)19-2;2*1-9(7-17-10(2)20)11-5-4-6-12-13(11)18-8-19-14(12)15(21)16-3;2*1-8(6-14)9-4-3-5-10-11(9)16-7-17-12(10)13(18)15-2;5-3-1-4(6)8-2-7-3;3-2(4,5)1(6)7;1-2;2-1-4-3;;;;;;;;;;;/h3-6,8-10H,7H2,1-2H3,(H,19,25)(H,20,21,22);4-6,8-9H,7H2,1-3H3,(H,16,21)(H,17,20);4-6,8H,1,7H2,2-3H3,(H,16,21)(H,17,20);3-5,7-8H,6,14H2,1-2H3,(H,15,18);3-5,7H,1,6,14H2,2H3,(H,15,18);1-2H;(H,6,7);1-2H3;1,3H;5*1H4;;;3*1H2;/q;;;;;;;;;;;;;;2*+1;;;;-1/p-2/t10-;9-;;8-;;;;;;;;;;;;;;;;/m11.1................/s1. The van der Waals surface area contributed by atoms with Crippen LogP contribution in [0.5, 0.6) is 0 Å². The quantitative estimate of drug-likeness (QED) is 0.0154. The fraction of sp³-hybridized carbons (Fsp3) is 0.299. The van der Waals surface area contributed by atoms with Gasteiger partial charge in [-0.1, -0.05) is 211 Å². The van der Waals surface area contributed by atoms with Crippen molar-refractivity contribution in [3.8, 4) is 0 Å². The van der Waals surface area contributed by atoms with Crippen molar-refractivity contribution in [2.75, 3.05) is 73.3 Å². The summed E-state index contributed by atoms with van der Waals surface area (Å²) < 4.78 is 31.5. The Kier molecular flexibility index (Phi) is 73.6. The minimum absolute atomic E-state index is 0. The molecule has 12 rings (SSSR count). The van der Waals surface area contributed by atoms with Gasteiger partial charge in [-0.05, 0) is 40.3 Å². The van der Waals surface area contributed by atoms with Crippen molar-refractivity contribution < 1.29 is 176 Å². The van der Waals surface area contributed by atoms with Gasteiger partial charge >= 0.3 is 109 Å². The molecule has 0 radical (unpaired) electrons. The number of hydrogen-bond acceptors (Lipinski definition) is 29. The molecule has 0 fully saturated rings. The molecule has 0 saturated heterocycles. The first-order valence-electron chi connectivity index (χ1n) is 37.1. The molecule has 36 nitrogen and oxygen atoms in total. The van der Waals surface area contributed by atoms with E-state index in [9.17, 15) is 46.7 Å². The summed E-state index contributed by atoms with van der Waals surface area (Å²) in [6, 6.07) is 31.3. The van der Waals surface area contributed by atoms with E-state index in [-0.39, 0.29) is 247 Å². The van der Waals surface area contributed by atoms with Crippen LogP contribution in [0.15, 0.2) is 161 Å². The minimum atomic E-state index is -5.19. The second-order valence-electron chi connectivity index (χ2n) is 25.1. The molecular formula is C87H117Cl3F3K2N24O12S3-. The van der Waals surface area contributed by atoms with Crippen molar-refractivity contribution >= 4 is 201 Å². The predicted molar refractivity (Wildman–Crippen MR) is 526 cm³/mol. The third kappa shape index (κ3) is 42.3. The summed E-state index contributed by atoms with van der Waals surface area (Å²) in [5.41, 5.74) is 22.9. The number of aliphatic carboxylic acids is 1. The maximum atomic E-state index is 12.0. The number of fused-ring (bicyclic) bond motifs is 5. The van der Waals surface area contributed by atoms with E-state index in [1.165, 1.54) is 64.2 Å². The molecule has 7 aromatic heterocycles. The molecule has 0 bridgehead atoms. The van der Waals surface area contributed by atoms with Crippen molar-refractivity contribution in [1.82, 2.24) is 107 Å². The number of hydrogen-bond donors (Lipinski definition) is 10. The first-order chi connectivity index (χ1) is 59.2. The number of carbonyl (C=O) groups is 9. The molecule has 134 heavy (non-hydrogen) atoms. The van der Waals surface area contributed by atoms with Crippen LogP contribution in [0.4, 0.5) is 19.0 Å². The summed E-state index contributed by atoms with van der Waals surface area (Å²) >= 11 is 16.7. The molecule has 0 aliphatic heterocycles. The van der Waals surface area contributed by atoms with E-state index in [0.717, 1.165) is 66.3 Å². The van der Waals surface area contributed by atoms with Crippen molar-refractivity contribution in [2.24, 2.45) is 11.5 Å². The zero-order valence-corrected chi connectivity index (χ0v) is 84.2. The SMILES string of the molecule is C.C.C.C.C.C=C(CN)c1cccc2c(C(=O)NC)ncnc12.C=C(CNC(C)=O)c1cccc2c(C(=O)NC)ncnc12.CC.CNC(=O)c1ncnc2c([C@H](C)CN)cccc12.CNC(=O)c1ncnc2c([C@H](C)CNC(C)=O)cccc12.CNC(=O)c1ncnc2c([C@H](C)CNc3cc(Cl)ncn3)cccc12.Clc1cc(Cl)ncn1.O=C([O-])C(F)(F)F.O=CO[O-].S.S.S.[H-].[K+].[K+]. The fourth-order valence-electron chi connectivity index (χ4n) is 10.8. The Bertz CT molecular complexity index is 5690. The molecule has 7 amide bonds. The molecule has 47 heteroatoms. The molecule has 12 aromatic rings. The van der Waals surface area contributed by atoms with E-state index in [1.807, 2.05) is 113 Å². The summed E-state index contributed by atoms with van der Waals surface area (Å²) in [7, 11) is 7.86. The summed E-state index contributed by atoms with van der Waals surface area (Å²) in [5, 5.41) is 43.5. The van der Waals surface area contributed by atoms with Gasteiger partial charge in [0.2, 0.25) is 11.8 Å². The second kappa shape index (κ2) is 71.8. The number of nitrogens with two attached hydrogens (primary N) is 2. The molecule has 0 aliphatic rings. The number of alkyl halides is 3. The van der Waals surface area contributed by atoms with Gasteiger partial charge in [0.05, 0.1) is 27.6 Å². The van der Waals surface area contributed by atoms with E-state index in [2.05, 4.69) is 137 Å². The van der Waals surface area contributed by atoms with Gasteiger partial charge in [0, 0.05) is 137 Å². The molecule has 0 spiro atoms. The Balaban J connectivity index is -0.000000232. The molecule has 0 saturated carbocycles. The Morgan fingerprint density at radius 3 is 0.985 bits per heavy atom. The third-order valence-corrected chi connectivity index (χ3v) is 17.5. The molecule has 720 valence electrons. The van der Waals surface area contributed by atoms with Crippen LogP contribution < -0.4 is 167 Å². The number of rotatable bonds is 20. The predicted octanol–water partition coefficient (Wildman–Crippen LogP) is 5.21. The van der Waals surface area contributed by atoms with Crippen molar-refractivity contribution in [1.29, 1.82) is 0 Å². The normalized spacial score (nSPS) is 10.1. The van der Waals surface area contributed by atoms with Crippen LogP contribution in [-0.2, 0) is 24.1 Å². The van der Waals surface area contributed by atoms with E-state index < -0.39 is 12.1 Å². The number of anilines is 1. The van der Waals surface area contributed by atoms with Crippen LogP contribution in [-0.4, -0.2) is 198 Å². The van der Waals surface area contributed by atoms with E-state index in [1.54, 1.807) is 47.4 Å². The van der Waals surface area contributed by atoms with Crippen LogP contribution >= 0.6 is 75.3 Å². The van der Waals surface area contributed by atoms with Gasteiger partial charge in [0.25, 0.3) is 36.0 Å². The van der Waals surface area contributed by atoms with Crippen molar-refractivity contribution in [3.05, 3.63) is 232 Å². The van der Waals surface area contributed by atoms with Crippen LogP contribution in [0.25, 0.3) is 65.7 Å². The van der Waals surface area contributed by atoms with Crippen LogP contribution in [0.3, 0.4) is 0 Å². The van der Waals surface area contributed by atoms with Gasteiger partial charge in [-0.3, -0.25) is 38.4 Å². The monoisotopic (exact) mass is 2030 g/mol. The first kappa shape index (κ1) is 137. The van der Waals surface area contributed by atoms with Gasteiger partial charge in [-0.2, -0.15) is 53.7 Å². The van der Waals surface area contributed by atoms with Crippen LogP contribution in [0.2, 0.25) is 15.5 Å². The molecule has 12 N–H and O–H groups in total. The number of halogens is 6. The summed E-state index contributed by atoms with van der Waals surface area (Å²) in [6.07, 6.45) is 4.48. The first-order valence-corrected chi connectivity index (χ1v) is 38.2. The van der Waals surface area contributed by atoms with Crippen LogP contribution in [0.1, 0.15) is 185 Å². The molecule has 5 aromatic carbocycles. The number of carboxylic acid groups (broad SMARTS) is 1. The summed E-state index contributed by atoms with van der Waals surface area (Å²) in [6.45, 7) is 23.1. The number of carbonyl (C=O) groups excluding carboxylic acids is 9. The molecule has 3 atom stereocenters. The molecule has 7 heterocycles. The van der Waals surface area contributed by atoms with Gasteiger partial charge in [0.15, 0.2) is 0 Å².